The molecule has 0 radical (unpaired) electrons. The second-order valence-corrected chi connectivity index (χ2v) is 14.8. The lowest BCUT2D eigenvalue weighted by Crippen LogP contribution is -3.00. The first kappa shape index (κ1) is 33.5. The Kier molecular flexibility index (Phi) is 11.9. The third-order valence-electron chi connectivity index (χ3n) is 7.89. The van der Waals surface area contributed by atoms with Gasteiger partial charge in [-0.2, -0.15) is 0 Å². The zero-order valence-electron chi connectivity index (χ0n) is 24.8. The topological polar surface area (TPSA) is 65.1 Å². The maximum Gasteiger partial charge on any atom is 0.409 e. The highest BCUT2D eigenvalue weighted by Crippen LogP contribution is 2.59. The van der Waals surface area contributed by atoms with Gasteiger partial charge in [0.2, 0.25) is 0 Å². The number of halogens is 2. The Morgan fingerprint density at radius 1 is 0.841 bits per heavy atom. The van der Waals surface area contributed by atoms with Gasteiger partial charge in [-0.3, -0.25) is 4.79 Å². The van der Waals surface area contributed by atoms with Crippen molar-refractivity contribution in [2.75, 3.05) is 26.8 Å². The van der Waals surface area contributed by atoms with E-state index in [4.69, 9.17) is 14.2 Å². The van der Waals surface area contributed by atoms with Crippen LogP contribution in [0.4, 0.5) is 4.79 Å². The Labute approximate surface area is 274 Å². The summed E-state index contributed by atoms with van der Waals surface area (Å²) in [5.41, 5.74) is 0.883. The van der Waals surface area contributed by atoms with E-state index < -0.39 is 7.26 Å². The highest BCUT2D eigenvalue weighted by Gasteiger charge is 2.46. The molecule has 0 spiro atoms. The maximum absolute atomic E-state index is 13.6. The molecule has 1 fully saturated rings. The predicted molar refractivity (Wildman–Crippen MR) is 176 cm³/mol. The number of piperidine rings is 1. The van der Waals surface area contributed by atoms with Crippen molar-refractivity contribution in [1.82, 2.24) is 4.90 Å². The third-order valence-corrected chi connectivity index (χ3v) is 12.8. The molecule has 0 aliphatic carbocycles. The average molecular weight is 697 g/mol. The fourth-order valence-electron chi connectivity index (χ4n) is 5.69. The first-order valence-corrected chi connectivity index (χ1v) is 17.3. The lowest BCUT2D eigenvalue weighted by atomic mass is 9.97. The molecule has 6 nitrogen and oxygen atoms in total. The van der Waals surface area contributed by atoms with Gasteiger partial charge < -0.3 is 31.5 Å². The summed E-state index contributed by atoms with van der Waals surface area (Å²) >= 11 is 3.70. The summed E-state index contributed by atoms with van der Waals surface area (Å²) in [6.07, 6.45) is 1.33. The molecule has 44 heavy (non-hydrogen) atoms. The van der Waals surface area contributed by atoms with Crippen LogP contribution >= 0.6 is 23.2 Å². The molecule has 0 unspecified atom stereocenters. The molecule has 1 aliphatic rings. The van der Waals surface area contributed by atoms with E-state index in [0.717, 1.165) is 5.56 Å². The summed E-state index contributed by atoms with van der Waals surface area (Å²) in [4.78, 5) is 27.4. The maximum atomic E-state index is 13.6. The number of carbonyl (C=O) groups excluding carboxylic acids is 2. The lowest BCUT2D eigenvalue weighted by Gasteiger charge is -2.31. The third kappa shape index (κ3) is 7.28. The highest BCUT2D eigenvalue weighted by atomic mass is 79.9. The molecule has 5 rings (SSSR count). The number of nitrogens with zero attached hydrogens (tertiary/aromatic N) is 1. The van der Waals surface area contributed by atoms with Gasteiger partial charge in [-0.1, -0.05) is 54.6 Å². The number of methoxy groups -OCH3 is 1. The van der Waals surface area contributed by atoms with Crippen molar-refractivity contribution in [2.24, 2.45) is 5.92 Å². The molecule has 230 valence electrons. The van der Waals surface area contributed by atoms with Gasteiger partial charge in [-0.15, -0.1) is 0 Å². The fraction of sp³-hybridized carbons (Fsp3) is 0.257. The van der Waals surface area contributed by atoms with E-state index in [2.05, 4.69) is 88.7 Å². The van der Waals surface area contributed by atoms with Gasteiger partial charge in [0.25, 0.3) is 0 Å². The second kappa shape index (κ2) is 15.6. The van der Waals surface area contributed by atoms with Crippen LogP contribution in [0.15, 0.2) is 108 Å². The van der Waals surface area contributed by atoms with Crippen LogP contribution in [-0.4, -0.2) is 43.8 Å². The molecule has 1 heterocycles. The second-order valence-electron chi connectivity index (χ2n) is 10.5. The number of hydrogen-bond acceptors (Lipinski definition) is 5. The number of hydrogen-bond donors (Lipinski definition) is 0. The molecule has 0 aromatic heterocycles. The molecule has 0 bridgehead atoms. The van der Waals surface area contributed by atoms with E-state index in [1.54, 1.807) is 18.9 Å². The van der Waals surface area contributed by atoms with E-state index in [1.165, 1.54) is 15.9 Å². The number of carbonyl (C=O) groups is 2. The monoisotopic (exact) mass is 695 g/mol. The smallest absolute Gasteiger partial charge is 0.409 e. The van der Waals surface area contributed by atoms with Crippen LogP contribution in [0, 0.1) is 5.92 Å². The summed E-state index contributed by atoms with van der Waals surface area (Å²) in [5, 5.41) is 3.69. The number of likely N-dealkylation sites (tertiary alicyclic amines) is 1. The number of esters is 1. The Morgan fingerprint density at radius 3 is 1.80 bits per heavy atom. The van der Waals surface area contributed by atoms with E-state index in [9.17, 15) is 9.59 Å². The van der Waals surface area contributed by atoms with Crippen LogP contribution in [0.25, 0.3) is 0 Å². The van der Waals surface area contributed by atoms with Gasteiger partial charge in [0.05, 0.1) is 24.1 Å². The molecule has 1 amide bonds. The molecule has 0 N–H and O–H groups in total. The first-order valence-electron chi connectivity index (χ1n) is 14.5. The van der Waals surface area contributed by atoms with E-state index in [1.807, 2.05) is 30.3 Å². The average Bonchev–Trinajstić information content (AvgIpc) is 3.06. The minimum atomic E-state index is -2.28. The molecule has 4 aromatic rings. The highest BCUT2D eigenvalue weighted by molar-refractivity contribution is 9.10. The minimum absolute atomic E-state index is 0. The van der Waals surface area contributed by atoms with Gasteiger partial charge >= 0.3 is 12.1 Å². The molecule has 9 heteroatoms. The molecule has 4 aromatic carbocycles. The van der Waals surface area contributed by atoms with Gasteiger partial charge in [0.15, 0.2) is 5.75 Å². The van der Waals surface area contributed by atoms with Crippen molar-refractivity contribution in [1.29, 1.82) is 0 Å². The van der Waals surface area contributed by atoms with Gasteiger partial charge in [-0.25, -0.2) is 4.79 Å². The van der Waals surface area contributed by atoms with Crippen LogP contribution < -0.4 is 37.8 Å². The summed E-state index contributed by atoms with van der Waals surface area (Å²) in [6, 6.07) is 35.6. The van der Waals surface area contributed by atoms with Gasteiger partial charge in [0.1, 0.15) is 35.1 Å². The standard InChI is InChI=1S/C35H36BrNO5P.ClH/c1-3-41-35(39)37-21-19-26(20-22-37)34(38)42-33-27(23-28(40-2)24-32(33)36)25-43(29-13-7-4-8-14-29,30-15-9-5-10-16-30)31-17-11-6-12-18-31;/h4-18,23-24,26H,3,19-22,25H2,1-2H3;1H/q+1;/p-1. The predicted octanol–water partition coefficient (Wildman–Crippen LogP) is 3.73. The minimum Gasteiger partial charge on any atom is -1.00 e. The van der Waals surface area contributed by atoms with Gasteiger partial charge in [0, 0.05) is 18.7 Å². The number of rotatable bonds is 9. The van der Waals surface area contributed by atoms with Crippen LogP contribution in [0.5, 0.6) is 11.5 Å². The summed E-state index contributed by atoms with van der Waals surface area (Å²) in [5.74, 6) is 0.575. The van der Waals surface area contributed by atoms with Crippen molar-refractivity contribution in [2.45, 2.75) is 25.9 Å². The Balaban J connectivity index is 0.00000442. The van der Waals surface area contributed by atoms with Crippen molar-refractivity contribution >= 4 is 51.2 Å². The molecule has 0 atom stereocenters. The van der Waals surface area contributed by atoms with Gasteiger partial charge in [-0.05, 0) is 84.2 Å². The Morgan fingerprint density at radius 2 is 1.34 bits per heavy atom. The zero-order valence-corrected chi connectivity index (χ0v) is 28.1. The van der Waals surface area contributed by atoms with E-state index in [-0.39, 0.29) is 30.4 Å². The van der Waals surface area contributed by atoms with Crippen LogP contribution in [0.1, 0.15) is 25.3 Å². The molecular formula is C35H36BrClNO5P. The van der Waals surface area contributed by atoms with Crippen LogP contribution in [0.2, 0.25) is 0 Å². The summed E-state index contributed by atoms with van der Waals surface area (Å²) in [6.45, 7) is 3.03. The largest absolute Gasteiger partial charge is 1.00 e. The first-order chi connectivity index (χ1) is 21.0. The molecule has 1 aliphatic heterocycles. The summed E-state index contributed by atoms with van der Waals surface area (Å²) < 4.78 is 17.7. The van der Waals surface area contributed by atoms with E-state index >= 15 is 0 Å². The number of ether oxygens (including phenoxy) is 3. The molecule has 1 saturated heterocycles. The molecule has 0 saturated carbocycles. The fourth-order valence-corrected chi connectivity index (χ4v) is 10.5. The van der Waals surface area contributed by atoms with Crippen molar-refractivity contribution in [3.63, 3.8) is 0 Å². The van der Waals surface area contributed by atoms with Crippen LogP contribution in [0.3, 0.4) is 0 Å². The quantitative estimate of drug-likeness (QED) is 0.152. The van der Waals surface area contributed by atoms with Crippen molar-refractivity contribution < 1.29 is 36.2 Å². The van der Waals surface area contributed by atoms with Crippen LogP contribution in [-0.2, 0) is 15.7 Å². The van der Waals surface area contributed by atoms with Crippen molar-refractivity contribution in [3.8, 4) is 11.5 Å². The number of benzene rings is 4. The Hall–Kier alpha value is -3.38. The SMILES string of the molecule is CCOC(=O)N1CCC(C(=O)Oc2c(Br)cc(OC)cc2C[P+](c2ccccc2)(c2ccccc2)c2ccccc2)CC1.[Cl-]. The normalized spacial score (nSPS) is 13.5. The number of amides is 1. The van der Waals surface area contributed by atoms with Crippen molar-refractivity contribution in [3.05, 3.63) is 113 Å². The zero-order chi connectivity index (χ0) is 30.2. The Bertz CT molecular complexity index is 1440. The summed E-state index contributed by atoms with van der Waals surface area (Å²) in [7, 11) is -0.638. The van der Waals surface area contributed by atoms with E-state index in [0.29, 0.717) is 54.7 Å². The molecular weight excluding hydrogens is 661 g/mol. The lowest BCUT2D eigenvalue weighted by molar-refractivity contribution is -0.140.